The van der Waals surface area contributed by atoms with E-state index < -0.39 is 11.8 Å². The van der Waals surface area contributed by atoms with Crippen LogP contribution in [0.15, 0.2) is 40.9 Å². The van der Waals surface area contributed by atoms with Gasteiger partial charge in [-0.3, -0.25) is 25.2 Å². The summed E-state index contributed by atoms with van der Waals surface area (Å²) in [5.41, 5.74) is 6.37. The highest BCUT2D eigenvalue weighted by molar-refractivity contribution is 9.10. The Balaban J connectivity index is 1.82. The van der Waals surface area contributed by atoms with Gasteiger partial charge in [-0.2, -0.15) is 0 Å². The Morgan fingerprint density at radius 3 is 2.52 bits per heavy atom. The van der Waals surface area contributed by atoms with E-state index in [4.69, 9.17) is 16.3 Å². The van der Waals surface area contributed by atoms with E-state index in [9.17, 15) is 14.4 Å². The lowest BCUT2D eigenvalue weighted by Gasteiger charge is -2.13. The summed E-state index contributed by atoms with van der Waals surface area (Å²) < 4.78 is 6.48. The molecule has 0 aliphatic rings. The number of nitrogens with one attached hydrogen (secondary N) is 3. The normalized spacial score (nSPS) is 10.4. The summed E-state index contributed by atoms with van der Waals surface area (Å²) in [5.74, 6) is -0.879. The van der Waals surface area contributed by atoms with Crippen LogP contribution in [0.5, 0.6) is 5.75 Å². The number of unbranched alkanes of at least 4 members (excludes halogenated alkanes) is 3. The molecule has 0 aliphatic carbocycles. The van der Waals surface area contributed by atoms with Crippen molar-refractivity contribution >= 4 is 50.9 Å². The van der Waals surface area contributed by atoms with Crippen LogP contribution in [0.1, 0.15) is 61.4 Å². The molecule has 178 valence electrons. The molecule has 3 amide bonds. The molecule has 0 heterocycles. The minimum absolute atomic E-state index is 0.0450. The Hall–Kier alpha value is -2.58. The van der Waals surface area contributed by atoms with Crippen molar-refractivity contribution in [1.29, 1.82) is 0 Å². The number of anilines is 1. The summed E-state index contributed by atoms with van der Waals surface area (Å²) in [6, 6.07) is 10.3. The lowest BCUT2D eigenvalue weighted by molar-refractivity contribution is -0.124. The molecule has 3 N–H and O–H groups in total. The molecule has 0 bridgehead atoms. The third-order valence-corrected chi connectivity index (χ3v) is 5.78. The van der Waals surface area contributed by atoms with Crippen molar-refractivity contribution in [2.45, 2.75) is 52.4 Å². The summed E-state index contributed by atoms with van der Waals surface area (Å²) in [6.45, 7) is 4.44. The standard InChI is InChI=1S/C24H29BrClN3O4/c1-3-4-5-6-14-33-21-11-10-17(25)15-18(21)24(32)29-28-23(31)13-12-22(30)27-20-9-7-8-19(26)16(20)2/h7-11,15H,3-6,12-14H2,1-2H3,(H,27,30)(H,28,31)(H,29,32). The predicted molar refractivity (Wildman–Crippen MR) is 133 cm³/mol. The highest BCUT2D eigenvalue weighted by Gasteiger charge is 2.15. The molecule has 2 aromatic carbocycles. The Labute approximate surface area is 207 Å². The second-order valence-electron chi connectivity index (χ2n) is 7.51. The maximum Gasteiger partial charge on any atom is 0.273 e. The average Bonchev–Trinajstić information content (AvgIpc) is 2.79. The zero-order valence-electron chi connectivity index (χ0n) is 18.8. The van der Waals surface area contributed by atoms with E-state index in [2.05, 4.69) is 39.0 Å². The number of hydrazine groups is 1. The van der Waals surface area contributed by atoms with Crippen LogP contribution in [-0.2, 0) is 9.59 Å². The third kappa shape index (κ3) is 9.06. The largest absolute Gasteiger partial charge is 0.493 e. The molecule has 0 spiro atoms. The molecule has 0 aromatic heterocycles. The molecule has 0 fully saturated rings. The van der Waals surface area contributed by atoms with Crippen LogP contribution in [0, 0.1) is 6.92 Å². The molecule has 0 saturated carbocycles. The van der Waals surface area contributed by atoms with Crippen LogP contribution in [0.25, 0.3) is 0 Å². The second-order valence-corrected chi connectivity index (χ2v) is 8.84. The topological polar surface area (TPSA) is 96.5 Å². The van der Waals surface area contributed by atoms with Gasteiger partial charge in [-0.15, -0.1) is 0 Å². The monoisotopic (exact) mass is 537 g/mol. The van der Waals surface area contributed by atoms with Crippen LogP contribution in [-0.4, -0.2) is 24.3 Å². The Kier molecular flexibility index (Phi) is 11.2. The fourth-order valence-electron chi connectivity index (χ4n) is 2.96. The number of amides is 3. The summed E-state index contributed by atoms with van der Waals surface area (Å²) in [6.07, 6.45) is 4.10. The van der Waals surface area contributed by atoms with Crippen LogP contribution in [0.2, 0.25) is 5.02 Å². The Bertz CT molecular complexity index is 984. The van der Waals surface area contributed by atoms with E-state index in [1.54, 1.807) is 43.3 Å². The number of carbonyl (C=O) groups is 3. The zero-order valence-corrected chi connectivity index (χ0v) is 21.1. The van der Waals surface area contributed by atoms with Crippen LogP contribution in [0.4, 0.5) is 5.69 Å². The van der Waals surface area contributed by atoms with E-state index in [-0.39, 0.29) is 18.7 Å². The van der Waals surface area contributed by atoms with Gasteiger partial charge in [-0.25, -0.2) is 0 Å². The number of benzene rings is 2. The Morgan fingerprint density at radius 2 is 1.76 bits per heavy atom. The van der Waals surface area contributed by atoms with E-state index in [1.807, 2.05) is 0 Å². The minimum atomic E-state index is -0.507. The quantitative estimate of drug-likeness (QED) is 0.258. The van der Waals surface area contributed by atoms with Gasteiger partial charge >= 0.3 is 0 Å². The summed E-state index contributed by atoms with van der Waals surface area (Å²) in [5, 5.41) is 3.28. The first kappa shape index (κ1) is 26.7. The molecule has 0 aliphatic heterocycles. The van der Waals surface area contributed by atoms with E-state index in [0.717, 1.165) is 31.2 Å². The second kappa shape index (κ2) is 13.9. The van der Waals surface area contributed by atoms with Gasteiger partial charge in [0, 0.05) is 28.0 Å². The molecule has 0 saturated heterocycles. The van der Waals surface area contributed by atoms with Gasteiger partial charge in [0.25, 0.3) is 5.91 Å². The number of halogens is 2. The number of hydrogen-bond donors (Lipinski definition) is 3. The van der Waals surface area contributed by atoms with Gasteiger partial charge < -0.3 is 10.1 Å². The van der Waals surface area contributed by atoms with Gasteiger partial charge in [-0.05, 0) is 49.2 Å². The van der Waals surface area contributed by atoms with Crippen molar-refractivity contribution in [3.8, 4) is 5.75 Å². The molecule has 0 unspecified atom stereocenters. The maximum absolute atomic E-state index is 12.6. The molecular weight excluding hydrogens is 510 g/mol. The number of hydrogen-bond acceptors (Lipinski definition) is 4. The van der Waals surface area contributed by atoms with Crippen LogP contribution >= 0.6 is 27.5 Å². The van der Waals surface area contributed by atoms with Crippen molar-refractivity contribution in [3.05, 3.63) is 57.0 Å². The van der Waals surface area contributed by atoms with Crippen molar-refractivity contribution in [3.63, 3.8) is 0 Å². The van der Waals surface area contributed by atoms with Gasteiger partial charge in [0.15, 0.2) is 0 Å². The van der Waals surface area contributed by atoms with Crippen LogP contribution < -0.4 is 20.9 Å². The summed E-state index contributed by atoms with van der Waals surface area (Å²) >= 11 is 9.40. The van der Waals surface area contributed by atoms with Gasteiger partial charge in [-0.1, -0.05) is 59.8 Å². The first-order valence-electron chi connectivity index (χ1n) is 10.9. The van der Waals surface area contributed by atoms with E-state index in [1.165, 1.54) is 0 Å². The number of ether oxygens (including phenoxy) is 1. The lowest BCUT2D eigenvalue weighted by Crippen LogP contribution is -2.42. The number of rotatable bonds is 11. The SMILES string of the molecule is CCCCCCOc1ccc(Br)cc1C(=O)NNC(=O)CCC(=O)Nc1cccc(Cl)c1C. The van der Waals surface area contributed by atoms with E-state index in [0.29, 0.717) is 33.1 Å². The molecule has 0 radical (unpaired) electrons. The summed E-state index contributed by atoms with van der Waals surface area (Å²) in [7, 11) is 0. The molecular formula is C24H29BrClN3O4. The van der Waals surface area contributed by atoms with Crippen molar-refractivity contribution in [1.82, 2.24) is 10.9 Å². The first-order valence-corrected chi connectivity index (χ1v) is 12.1. The van der Waals surface area contributed by atoms with Gasteiger partial charge in [0.1, 0.15) is 5.75 Å². The Morgan fingerprint density at radius 1 is 1.00 bits per heavy atom. The predicted octanol–water partition coefficient (Wildman–Crippen LogP) is 5.55. The highest BCUT2D eigenvalue weighted by atomic mass is 79.9. The molecule has 33 heavy (non-hydrogen) atoms. The maximum atomic E-state index is 12.6. The van der Waals surface area contributed by atoms with Crippen LogP contribution in [0.3, 0.4) is 0 Å². The molecule has 7 nitrogen and oxygen atoms in total. The van der Waals surface area contributed by atoms with Crippen molar-refractivity contribution in [2.24, 2.45) is 0 Å². The lowest BCUT2D eigenvalue weighted by atomic mass is 10.2. The average molecular weight is 539 g/mol. The first-order chi connectivity index (χ1) is 15.8. The molecule has 9 heteroatoms. The fourth-order valence-corrected chi connectivity index (χ4v) is 3.49. The van der Waals surface area contributed by atoms with E-state index >= 15 is 0 Å². The highest BCUT2D eigenvalue weighted by Crippen LogP contribution is 2.24. The third-order valence-electron chi connectivity index (χ3n) is 4.88. The van der Waals surface area contributed by atoms with Gasteiger partial charge in [0.2, 0.25) is 11.8 Å². The van der Waals surface area contributed by atoms with Gasteiger partial charge in [0.05, 0.1) is 12.2 Å². The van der Waals surface area contributed by atoms with Crippen molar-refractivity contribution < 1.29 is 19.1 Å². The summed E-state index contributed by atoms with van der Waals surface area (Å²) in [4.78, 5) is 36.8. The molecule has 2 rings (SSSR count). The minimum Gasteiger partial charge on any atom is -0.493 e. The molecule has 2 aromatic rings. The smallest absolute Gasteiger partial charge is 0.273 e. The molecule has 0 atom stereocenters. The van der Waals surface area contributed by atoms with Crippen molar-refractivity contribution in [2.75, 3.05) is 11.9 Å². The zero-order chi connectivity index (χ0) is 24.2. The number of carbonyl (C=O) groups excluding carboxylic acids is 3. The fraction of sp³-hybridized carbons (Fsp3) is 0.375.